The highest BCUT2D eigenvalue weighted by atomic mass is 35.5. The van der Waals surface area contributed by atoms with Crippen LogP contribution in [0.5, 0.6) is 5.75 Å². The Labute approximate surface area is 220 Å². The second-order valence-corrected chi connectivity index (χ2v) is 9.10. The lowest BCUT2D eigenvalue weighted by atomic mass is 10.0. The molecule has 0 aliphatic carbocycles. The summed E-state index contributed by atoms with van der Waals surface area (Å²) in [5.74, 6) is 0.431. The van der Waals surface area contributed by atoms with E-state index >= 15 is 0 Å². The molecule has 0 bridgehead atoms. The maximum Gasteiger partial charge on any atom is 0.325 e. The zero-order chi connectivity index (χ0) is 26.6. The molecule has 4 aromatic rings. The van der Waals surface area contributed by atoms with Crippen LogP contribution in [-0.4, -0.2) is 63.1 Å². The van der Waals surface area contributed by atoms with Gasteiger partial charge in [0, 0.05) is 54.4 Å². The van der Waals surface area contributed by atoms with Crippen LogP contribution in [0.25, 0.3) is 27.9 Å². The van der Waals surface area contributed by atoms with Gasteiger partial charge in [0.15, 0.2) is 0 Å². The smallest absolute Gasteiger partial charge is 0.325 e. The molecule has 1 aromatic carbocycles. The van der Waals surface area contributed by atoms with Gasteiger partial charge in [-0.15, -0.1) is 0 Å². The van der Waals surface area contributed by atoms with Crippen LogP contribution >= 0.6 is 11.6 Å². The molecule has 4 heterocycles. The predicted molar refractivity (Wildman–Crippen MR) is 142 cm³/mol. The van der Waals surface area contributed by atoms with Crippen LogP contribution in [0.4, 0.5) is 0 Å². The third-order valence-corrected chi connectivity index (χ3v) is 6.27. The summed E-state index contributed by atoms with van der Waals surface area (Å²) in [6.07, 6.45) is 5.93. The van der Waals surface area contributed by atoms with Gasteiger partial charge in [-0.1, -0.05) is 11.6 Å². The van der Waals surface area contributed by atoms with Crippen LogP contribution in [0, 0.1) is 0 Å². The fraction of sp³-hybridized carbons (Fsp3) is 0.192. The Hall–Kier alpha value is -4.48. The molecule has 1 fully saturated rings. The number of aromatic nitrogens is 4. The quantitative estimate of drug-likeness (QED) is 0.325. The number of nitrogens with one attached hydrogen (secondary N) is 3. The van der Waals surface area contributed by atoms with Gasteiger partial charge in [-0.2, -0.15) is 0 Å². The van der Waals surface area contributed by atoms with E-state index in [1.54, 1.807) is 42.6 Å². The second kappa shape index (κ2) is 10.9. The summed E-state index contributed by atoms with van der Waals surface area (Å²) in [4.78, 5) is 60.1. The molecule has 194 valence electrons. The SMILES string of the molecule is O=C1CN(CCOc2cc(Cl)cc(-c3cc(-c4c[nH]c(=O)[nH]c4=O)cn(-c4cccnc4)c3=O)c2)CCN1. The van der Waals surface area contributed by atoms with Gasteiger partial charge in [0.1, 0.15) is 12.4 Å². The van der Waals surface area contributed by atoms with Crippen molar-refractivity contribution in [1.29, 1.82) is 0 Å². The Balaban J connectivity index is 1.54. The molecule has 38 heavy (non-hydrogen) atoms. The summed E-state index contributed by atoms with van der Waals surface area (Å²) in [7, 11) is 0. The summed E-state index contributed by atoms with van der Waals surface area (Å²) < 4.78 is 7.30. The zero-order valence-corrected chi connectivity index (χ0v) is 20.8. The van der Waals surface area contributed by atoms with Crippen molar-refractivity contribution < 1.29 is 9.53 Å². The second-order valence-electron chi connectivity index (χ2n) is 8.66. The number of ether oxygens (including phenoxy) is 1. The number of piperazine rings is 1. The van der Waals surface area contributed by atoms with Crippen molar-refractivity contribution in [2.45, 2.75) is 0 Å². The number of rotatable bonds is 7. The highest BCUT2D eigenvalue weighted by Gasteiger charge is 2.17. The molecule has 1 aliphatic heterocycles. The zero-order valence-electron chi connectivity index (χ0n) is 20.1. The number of pyridine rings is 2. The predicted octanol–water partition coefficient (Wildman–Crippen LogP) is 1.41. The molecule has 3 N–H and O–H groups in total. The Kier molecular flexibility index (Phi) is 7.20. The summed E-state index contributed by atoms with van der Waals surface area (Å²) in [6, 6.07) is 9.95. The molecule has 0 saturated carbocycles. The number of hydrogen-bond acceptors (Lipinski definition) is 7. The van der Waals surface area contributed by atoms with Crippen molar-refractivity contribution in [3.8, 4) is 33.7 Å². The molecule has 0 spiro atoms. The number of nitrogens with zero attached hydrogens (tertiary/aromatic N) is 3. The third kappa shape index (κ3) is 5.58. The van der Waals surface area contributed by atoms with E-state index in [4.69, 9.17) is 16.3 Å². The van der Waals surface area contributed by atoms with E-state index in [2.05, 4.69) is 20.3 Å². The van der Waals surface area contributed by atoms with Gasteiger partial charge in [0.05, 0.1) is 24.0 Å². The van der Waals surface area contributed by atoms with Gasteiger partial charge < -0.3 is 15.0 Å². The summed E-state index contributed by atoms with van der Waals surface area (Å²) >= 11 is 6.40. The van der Waals surface area contributed by atoms with Gasteiger partial charge in [-0.25, -0.2) is 4.79 Å². The minimum absolute atomic E-state index is 0.0209. The first-order valence-electron chi connectivity index (χ1n) is 11.8. The van der Waals surface area contributed by atoms with Crippen molar-refractivity contribution in [2.24, 2.45) is 0 Å². The van der Waals surface area contributed by atoms with Crippen LogP contribution < -0.4 is 26.9 Å². The monoisotopic (exact) mass is 534 g/mol. The molecule has 5 rings (SSSR count). The highest BCUT2D eigenvalue weighted by Crippen LogP contribution is 2.29. The minimum atomic E-state index is -0.638. The number of amides is 1. The molecule has 12 heteroatoms. The maximum atomic E-state index is 13.6. The van der Waals surface area contributed by atoms with Gasteiger partial charge in [-0.3, -0.25) is 33.8 Å². The minimum Gasteiger partial charge on any atom is -0.492 e. The van der Waals surface area contributed by atoms with E-state index in [1.807, 2.05) is 4.90 Å². The summed E-state index contributed by atoms with van der Waals surface area (Å²) in [6.45, 7) is 2.51. The molecule has 11 nitrogen and oxygen atoms in total. The highest BCUT2D eigenvalue weighted by molar-refractivity contribution is 6.31. The molecule has 0 unspecified atom stereocenters. The molecule has 3 aromatic heterocycles. The van der Waals surface area contributed by atoms with E-state index in [0.717, 1.165) is 6.54 Å². The molecular formula is C26H23ClN6O5. The lowest BCUT2D eigenvalue weighted by Crippen LogP contribution is -2.48. The van der Waals surface area contributed by atoms with Crippen molar-refractivity contribution in [2.75, 3.05) is 32.8 Å². The third-order valence-electron chi connectivity index (χ3n) is 6.05. The fourth-order valence-electron chi connectivity index (χ4n) is 4.22. The van der Waals surface area contributed by atoms with Crippen LogP contribution in [0.2, 0.25) is 5.02 Å². The molecule has 1 aliphatic rings. The van der Waals surface area contributed by atoms with Gasteiger partial charge in [-0.05, 0) is 42.0 Å². The van der Waals surface area contributed by atoms with Crippen molar-refractivity contribution in [3.05, 3.63) is 97.4 Å². The van der Waals surface area contributed by atoms with E-state index < -0.39 is 11.2 Å². The molecule has 0 radical (unpaired) electrons. The van der Waals surface area contributed by atoms with E-state index in [9.17, 15) is 19.2 Å². The van der Waals surface area contributed by atoms with Gasteiger partial charge >= 0.3 is 5.69 Å². The Morgan fingerprint density at radius 2 is 1.92 bits per heavy atom. The van der Waals surface area contributed by atoms with Crippen molar-refractivity contribution in [3.63, 3.8) is 0 Å². The topological polar surface area (TPSA) is 142 Å². The number of carbonyl (C=O) groups is 1. The number of benzene rings is 1. The number of hydrogen-bond donors (Lipinski definition) is 3. The number of halogens is 1. The van der Waals surface area contributed by atoms with Gasteiger partial charge in [0.25, 0.3) is 11.1 Å². The normalized spacial score (nSPS) is 13.8. The molecule has 0 atom stereocenters. The first kappa shape index (κ1) is 25.2. The largest absolute Gasteiger partial charge is 0.492 e. The first-order chi connectivity index (χ1) is 18.4. The Morgan fingerprint density at radius 3 is 2.68 bits per heavy atom. The fourth-order valence-corrected chi connectivity index (χ4v) is 4.45. The van der Waals surface area contributed by atoms with Crippen molar-refractivity contribution >= 4 is 17.5 Å². The Bertz CT molecular complexity index is 1660. The Morgan fingerprint density at radius 1 is 1.05 bits per heavy atom. The summed E-state index contributed by atoms with van der Waals surface area (Å²) in [5.41, 5.74) is 0.200. The average Bonchev–Trinajstić information content (AvgIpc) is 2.89. The van der Waals surface area contributed by atoms with Gasteiger partial charge in [0.2, 0.25) is 5.91 Å². The number of aromatic amines is 2. The van der Waals surface area contributed by atoms with Crippen molar-refractivity contribution in [1.82, 2.24) is 29.7 Å². The first-order valence-corrected chi connectivity index (χ1v) is 12.2. The van der Waals surface area contributed by atoms with Crippen LogP contribution in [0.1, 0.15) is 0 Å². The number of carbonyl (C=O) groups excluding carboxylic acids is 1. The molecule has 1 saturated heterocycles. The standard InChI is InChI=1S/C26H23ClN6O5/c27-18-8-16(9-20(11-18)38-7-6-32-5-4-29-23(34)15-32)21-10-17(22-13-30-26(37)31-24(22)35)14-33(25(21)36)19-2-1-3-28-12-19/h1-3,8-14H,4-7,15H2,(H,29,34)(H2,30,31,35,37). The van der Waals surface area contributed by atoms with E-state index in [-0.39, 0.29) is 22.6 Å². The molecule has 1 amide bonds. The molecular weight excluding hydrogens is 512 g/mol. The van der Waals surface area contributed by atoms with E-state index in [0.29, 0.717) is 53.8 Å². The van der Waals surface area contributed by atoms with Crippen LogP contribution in [0.3, 0.4) is 0 Å². The van der Waals surface area contributed by atoms with Crippen LogP contribution in [0.15, 0.2) is 75.6 Å². The summed E-state index contributed by atoms with van der Waals surface area (Å²) in [5, 5.41) is 3.14. The lowest BCUT2D eigenvalue weighted by Gasteiger charge is -2.26. The maximum absolute atomic E-state index is 13.6. The lowest BCUT2D eigenvalue weighted by molar-refractivity contribution is -0.124. The number of H-pyrrole nitrogens is 2. The average molecular weight is 535 g/mol. The van der Waals surface area contributed by atoms with E-state index in [1.165, 1.54) is 23.2 Å². The van der Waals surface area contributed by atoms with Crippen LogP contribution in [-0.2, 0) is 4.79 Å².